The van der Waals surface area contributed by atoms with Crippen molar-refractivity contribution in [1.82, 2.24) is 19.2 Å². The van der Waals surface area contributed by atoms with Gasteiger partial charge in [-0.2, -0.15) is 0 Å². The third-order valence-corrected chi connectivity index (χ3v) is 6.66. The van der Waals surface area contributed by atoms with Gasteiger partial charge in [0.25, 0.3) is 5.56 Å². The van der Waals surface area contributed by atoms with Crippen LogP contribution in [0.15, 0.2) is 58.2 Å². The summed E-state index contributed by atoms with van der Waals surface area (Å²) in [6, 6.07) is 13.1. The minimum absolute atomic E-state index is 0.103. The molecule has 2 aromatic carbocycles. The molecule has 0 aliphatic rings. The fourth-order valence-electron chi connectivity index (χ4n) is 3.05. The molecule has 29 heavy (non-hydrogen) atoms. The van der Waals surface area contributed by atoms with Gasteiger partial charge in [-0.3, -0.25) is 14.3 Å². The van der Waals surface area contributed by atoms with E-state index in [9.17, 15) is 13.2 Å². The molecule has 154 valence electrons. The lowest BCUT2D eigenvalue weighted by molar-refractivity contribution is 0.251. The standard InChI is InChI=1S/C20H23ClN4O3S/c1-14(19-23-18-7-5-4-6-17(18)20(26)25(19)3)24(2)13-12-22-29(27,28)16-10-8-15(21)9-11-16/h4-11,14,22H,12-13H2,1-3H3. The maximum atomic E-state index is 12.6. The first-order valence-electron chi connectivity index (χ1n) is 9.12. The average molecular weight is 435 g/mol. The fraction of sp³-hybridized carbons (Fsp3) is 0.300. The molecule has 1 N–H and O–H groups in total. The largest absolute Gasteiger partial charge is 0.298 e. The van der Waals surface area contributed by atoms with E-state index in [0.29, 0.717) is 28.3 Å². The number of hydrogen-bond acceptors (Lipinski definition) is 5. The minimum Gasteiger partial charge on any atom is -0.298 e. The number of likely N-dealkylation sites (N-methyl/N-ethyl adjacent to an activating group) is 1. The van der Waals surface area contributed by atoms with Crippen molar-refractivity contribution in [1.29, 1.82) is 0 Å². The van der Waals surface area contributed by atoms with Crippen molar-refractivity contribution < 1.29 is 8.42 Å². The van der Waals surface area contributed by atoms with Crippen molar-refractivity contribution in [3.8, 4) is 0 Å². The smallest absolute Gasteiger partial charge is 0.261 e. The van der Waals surface area contributed by atoms with Gasteiger partial charge in [-0.1, -0.05) is 23.7 Å². The Labute approximate surface area is 175 Å². The Balaban J connectivity index is 1.70. The minimum atomic E-state index is -3.61. The molecule has 0 fully saturated rings. The van der Waals surface area contributed by atoms with Crippen molar-refractivity contribution in [2.24, 2.45) is 7.05 Å². The molecule has 1 heterocycles. The molecule has 9 heteroatoms. The number of nitrogens with zero attached hydrogens (tertiary/aromatic N) is 3. The molecule has 1 aromatic heterocycles. The third-order valence-electron chi connectivity index (χ3n) is 4.93. The highest BCUT2D eigenvalue weighted by Crippen LogP contribution is 2.18. The summed E-state index contributed by atoms with van der Waals surface area (Å²) in [6.45, 7) is 2.59. The van der Waals surface area contributed by atoms with Crippen molar-refractivity contribution in [2.45, 2.75) is 17.9 Å². The van der Waals surface area contributed by atoms with E-state index in [1.807, 2.05) is 37.1 Å². The molecular formula is C20H23ClN4O3S. The SMILES string of the molecule is CC(c1nc2ccccc2c(=O)n1C)N(C)CCNS(=O)(=O)c1ccc(Cl)cc1. The number of aromatic nitrogens is 2. The van der Waals surface area contributed by atoms with Crippen LogP contribution in [-0.4, -0.2) is 43.0 Å². The van der Waals surface area contributed by atoms with E-state index in [0.717, 1.165) is 0 Å². The molecule has 1 unspecified atom stereocenters. The number of hydrogen-bond donors (Lipinski definition) is 1. The van der Waals surface area contributed by atoms with Crippen LogP contribution in [0.2, 0.25) is 5.02 Å². The van der Waals surface area contributed by atoms with E-state index < -0.39 is 10.0 Å². The molecule has 3 rings (SSSR count). The van der Waals surface area contributed by atoms with Crippen molar-refractivity contribution in [3.05, 3.63) is 69.7 Å². The average Bonchev–Trinajstić information content (AvgIpc) is 2.70. The summed E-state index contributed by atoms with van der Waals surface area (Å²) in [7, 11) is -0.0501. The van der Waals surface area contributed by atoms with Crippen molar-refractivity contribution >= 4 is 32.5 Å². The molecule has 0 amide bonds. The zero-order valence-corrected chi connectivity index (χ0v) is 18.0. The number of nitrogens with one attached hydrogen (secondary N) is 1. The molecule has 0 aliphatic heterocycles. The summed E-state index contributed by atoms with van der Waals surface area (Å²) in [4.78, 5) is 19.4. The molecule has 7 nitrogen and oxygen atoms in total. The first kappa shape index (κ1) is 21.4. The maximum Gasteiger partial charge on any atom is 0.261 e. The predicted molar refractivity (Wildman–Crippen MR) is 115 cm³/mol. The van der Waals surface area contributed by atoms with Crippen LogP contribution in [0.5, 0.6) is 0 Å². The van der Waals surface area contributed by atoms with Crippen LogP contribution in [-0.2, 0) is 17.1 Å². The quantitative estimate of drug-likeness (QED) is 0.617. The Morgan fingerprint density at radius 2 is 1.83 bits per heavy atom. The van der Waals surface area contributed by atoms with Crippen molar-refractivity contribution in [2.75, 3.05) is 20.1 Å². The molecule has 0 aliphatic carbocycles. The van der Waals surface area contributed by atoms with Gasteiger partial charge in [0.1, 0.15) is 5.82 Å². The second-order valence-electron chi connectivity index (χ2n) is 6.86. The summed E-state index contributed by atoms with van der Waals surface area (Å²) in [5.41, 5.74) is 0.545. The summed E-state index contributed by atoms with van der Waals surface area (Å²) < 4.78 is 28.9. The topological polar surface area (TPSA) is 84.3 Å². The first-order chi connectivity index (χ1) is 13.7. The molecule has 0 saturated heterocycles. The first-order valence-corrected chi connectivity index (χ1v) is 11.0. The van der Waals surface area contributed by atoms with Gasteiger partial charge in [0.15, 0.2) is 0 Å². The third kappa shape index (κ3) is 4.67. The van der Waals surface area contributed by atoms with Crippen LogP contribution in [0.3, 0.4) is 0 Å². The molecule has 0 radical (unpaired) electrons. The van der Waals surface area contributed by atoms with E-state index >= 15 is 0 Å². The molecule has 3 aromatic rings. The van der Waals surface area contributed by atoms with Crippen molar-refractivity contribution in [3.63, 3.8) is 0 Å². The molecule has 1 atom stereocenters. The summed E-state index contributed by atoms with van der Waals surface area (Å²) in [6.07, 6.45) is 0. The van der Waals surface area contributed by atoms with Gasteiger partial charge in [0.2, 0.25) is 10.0 Å². The normalized spacial score (nSPS) is 13.1. The zero-order chi connectivity index (χ0) is 21.2. The Kier molecular flexibility index (Phi) is 6.38. The monoisotopic (exact) mass is 434 g/mol. The lowest BCUT2D eigenvalue weighted by atomic mass is 10.2. The Morgan fingerprint density at radius 1 is 1.17 bits per heavy atom. The van der Waals surface area contributed by atoms with Gasteiger partial charge < -0.3 is 0 Å². The molecular weight excluding hydrogens is 412 g/mol. The van der Waals surface area contributed by atoms with Crippen LogP contribution in [0.4, 0.5) is 0 Å². The number of benzene rings is 2. The highest BCUT2D eigenvalue weighted by Gasteiger charge is 2.19. The van der Waals surface area contributed by atoms with Crippen LogP contribution in [0.25, 0.3) is 10.9 Å². The van der Waals surface area contributed by atoms with E-state index in [1.165, 1.54) is 24.3 Å². The number of sulfonamides is 1. The van der Waals surface area contributed by atoms with Gasteiger partial charge in [0, 0.05) is 25.2 Å². The number of para-hydroxylation sites is 1. The number of halogens is 1. The van der Waals surface area contributed by atoms with E-state index in [1.54, 1.807) is 17.7 Å². The van der Waals surface area contributed by atoms with Crippen LogP contribution in [0.1, 0.15) is 18.8 Å². The van der Waals surface area contributed by atoms with Gasteiger partial charge in [-0.15, -0.1) is 0 Å². The van der Waals surface area contributed by atoms with Gasteiger partial charge >= 0.3 is 0 Å². The highest BCUT2D eigenvalue weighted by atomic mass is 35.5. The lowest BCUT2D eigenvalue weighted by Crippen LogP contribution is -2.36. The summed E-state index contributed by atoms with van der Waals surface area (Å²) >= 11 is 5.81. The Hall–Kier alpha value is -2.26. The van der Waals surface area contributed by atoms with Crippen LogP contribution >= 0.6 is 11.6 Å². The molecule has 0 spiro atoms. The zero-order valence-electron chi connectivity index (χ0n) is 16.5. The lowest BCUT2D eigenvalue weighted by Gasteiger charge is -2.25. The van der Waals surface area contributed by atoms with Gasteiger partial charge in [-0.25, -0.2) is 18.1 Å². The van der Waals surface area contributed by atoms with E-state index in [4.69, 9.17) is 11.6 Å². The second kappa shape index (κ2) is 8.62. The van der Waals surface area contributed by atoms with Crippen LogP contribution < -0.4 is 10.3 Å². The van der Waals surface area contributed by atoms with Crippen LogP contribution in [0, 0.1) is 0 Å². The molecule has 0 bridgehead atoms. The maximum absolute atomic E-state index is 12.6. The highest BCUT2D eigenvalue weighted by molar-refractivity contribution is 7.89. The Bertz CT molecular complexity index is 1180. The Morgan fingerprint density at radius 3 is 2.52 bits per heavy atom. The fourth-order valence-corrected chi connectivity index (χ4v) is 4.20. The number of rotatable bonds is 7. The van der Waals surface area contributed by atoms with Gasteiger partial charge in [-0.05, 0) is 50.4 Å². The van der Waals surface area contributed by atoms with E-state index in [-0.39, 0.29) is 23.0 Å². The molecule has 0 saturated carbocycles. The number of fused-ring (bicyclic) bond motifs is 1. The second-order valence-corrected chi connectivity index (χ2v) is 9.06. The summed E-state index contributed by atoms with van der Waals surface area (Å²) in [5.74, 6) is 0.622. The predicted octanol–water partition coefficient (Wildman–Crippen LogP) is 2.56. The van der Waals surface area contributed by atoms with Gasteiger partial charge in [0.05, 0.1) is 21.8 Å². The summed E-state index contributed by atoms with van der Waals surface area (Å²) in [5, 5.41) is 1.05. The van der Waals surface area contributed by atoms with E-state index in [2.05, 4.69) is 9.71 Å².